The summed E-state index contributed by atoms with van der Waals surface area (Å²) in [5, 5.41) is 10.0. The molecule has 2 N–H and O–H groups in total. The van der Waals surface area contributed by atoms with E-state index in [1.165, 1.54) is 5.56 Å². The lowest BCUT2D eigenvalue weighted by Gasteiger charge is -2.11. The van der Waals surface area contributed by atoms with Crippen LogP contribution in [0.3, 0.4) is 0 Å². The second kappa shape index (κ2) is 9.52. The normalized spacial score (nSPS) is 10.9. The van der Waals surface area contributed by atoms with Crippen molar-refractivity contribution >= 4 is 18.1 Å². The molecule has 1 heterocycles. The van der Waals surface area contributed by atoms with Gasteiger partial charge in [0.1, 0.15) is 18.2 Å². The van der Waals surface area contributed by atoms with Gasteiger partial charge in [0.25, 0.3) is 5.91 Å². The number of aromatic nitrogens is 3. The Kier molecular flexibility index (Phi) is 6.82. The summed E-state index contributed by atoms with van der Waals surface area (Å²) < 4.78 is 8.40. The van der Waals surface area contributed by atoms with Gasteiger partial charge in [-0.15, -0.1) is 0 Å². The summed E-state index contributed by atoms with van der Waals surface area (Å²) in [5.41, 5.74) is 2.85. The van der Waals surface area contributed by atoms with Crippen LogP contribution >= 0.6 is 12.2 Å². The van der Waals surface area contributed by atoms with Crippen molar-refractivity contribution in [2.45, 2.75) is 39.8 Å². The van der Waals surface area contributed by atoms with Gasteiger partial charge in [-0.05, 0) is 56.8 Å². The molecule has 0 radical (unpaired) electrons. The van der Waals surface area contributed by atoms with E-state index in [-0.39, 0.29) is 11.9 Å². The molecule has 0 bridgehead atoms. The molecule has 0 unspecified atom stereocenters. The molecular formula is C22H26N4O2S. The molecule has 0 saturated carbocycles. The van der Waals surface area contributed by atoms with Crippen LogP contribution in [0.5, 0.6) is 5.75 Å². The van der Waals surface area contributed by atoms with E-state index in [2.05, 4.69) is 48.4 Å². The zero-order valence-electron chi connectivity index (χ0n) is 16.9. The highest BCUT2D eigenvalue weighted by Gasteiger charge is 2.11. The Labute approximate surface area is 175 Å². The van der Waals surface area contributed by atoms with Gasteiger partial charge < -0.3 is 14.6 Å². The van der Waals surface area contributed by atoms with Crippen molar-refractivity contribution < 1.29 is 9.53 Å². The Balaban J connectivity index is 1.56. The van der Waals surface area contributed by atoms with Crippen molar-refractivity contribution in [2.75, 3.05) is 6.54 Å². The number of hydrogen-bond donors (Lipinski definition) is 2. The average molecular weight is 411 g/mol. The molecule has 0 saturated heterocycles. The molecule has 7 heteroatoms. The Morgan fingerprint density at radius 2 is 2.03 bits per heavy atom. The van der Waals surface area contributed by atoms with Crippen LogP contribution < -0.4 is 10.1 Å². The van der Waals surface area contributed by atoms with Crippen LogP contribution in [-0.4, -0.2) is 27.2 Å². The molecule has 0 aliphatic heterocycles. The van der Waals surface area contributed by atoms with Crippen LogP contribution in [-0.2, 0) is 13.0 Å². The van der Waals surface area contributed by atoms with Crippen LogP contribution in [0.1, 0.15) is 47.2 Å². The zero-order valence-corrected chi connectivity index (χ0v) is 17.8. The highest BCUT2D eigenvalue weighted by Crippen LogP contribution is 2.16. The second-order valence-corrected chi connectivity index (χ2v) is 7.61. The molecule has 1 amide bonds. The number of aromatic amines is 1. The minimum absolute atomic E-state index is 0.142. The lowest BCUT2D eigenvalue weighted by Crippen LogP contribution is -2.26. The maximum Gasteiger partial charge on any atom is 0.251 e. The molecule has 1 aromatic heterocycles. The Hall–Kier alpha value is -2.93. The largest absolute Gasteiger partial charge is 0.489 e. The number of aryl methyl sites for hydroxylation is 1. The molecule has 2 aromatic carbocycles. The fourth-order valence-corrected chi connectivity index (χ4v) is 3.49. The van der Waals surface area contributed by atoms with Crippen LogP contribution in [0.2, 0.25) is 0 Å². The number of carbonyl (C=O) groups is 1. The molecular weight excluding hydrogens is 384 g/mol. The summed E-state index contributed by atoms with van der Waals surface area (Å²) in [4.78, 5) is 12.5. The number of ether oxygens (including phenoxy) is 1. The topological polar surface area (TPSA) is 71.9 Å². The molecule has 152 valence electrons. The standard InChI is InChI=1S/C22H26N4O2S/c1-15(2)26-20(24-25-22(26)29)10-11-23-21(27)18-8-5-9-19(13-18)28-14-17-7-4-6-16(3)12-17/h4-9,12-13,15H,10-11,14H2,1-3H3,(H,23,27)(H,25,29). The van der Waals surface area contributed by atoms with Crippen LogP contribution in [0.4, 0.5) is 0 Å². The first-order valence-electron chi connectivity index (χ1n) is 9.66. The van der Waals surface area contributed by atoms with Gasteiger partial charge in [-0.2, -0.15) is 5.10 Å². The van der Waals surface area contributed by atoms with Gasteiger partial charge >= 0.3 is 0 Å². The van der Waals surface area contributed by atoms with E-state index in [1.54, 1.807) is 12.1 Å². The molecule has 3 rings (SSSR count). The molecule has 0 aliphatic rings. The predicted octanol–water partition coefficient (Wildman–Crippen LogP) is 4.38. The summed E-state index contributed by atoms with van der Waals surface area (Å²) >= 11 is 5.25. The average Bonchev–Trinajstić information content (AvgIpc) is 3.07. The maximum absolute atomic E-state index is 12.5. The fraction of sp³-hybridized carbons (Fsp3) is 0.318. The Morgan fingerprint density at radius 3 is 2.79 bits per heavy atom. The van der Waals surface area contributed by atoms with E-state index in [0.29, 0.717) is 35.7 Å². The molecule has 0 fully saturated rings. The minimum Gasteiger partial charge on any atom is -0.489 e. The number of nitrogens with one attached hydrogen (secondary N) is 2. The van der Waals surface area contributed by atoms with Crippen LogP contribution in [0.15, 0.2) is 48.5 Å². The third-order valence-corrected chi connectivity index (χ3v) is 4.80. The van der Waals surface area contributed by atoms with Gasteiger partial charge in [0.05, 0.1) is 0 Å². The number of benzene rings is 2. The van der Waals surface area contributed by atoms with E-state index >= 15 is 0 Å². The Morgan fingerprint density at radius 1 is 1.24 bits per heavy atom. The number of rotatable bonds is 8. The SMILES string of the molecule is Cc1cccc(COc2cccc(C(=O)NCCc3n[nH]c(=S)n3C(C)C)c2)c1. The van der Waals surface area contributed by atoms with Gasteiger partial charge in [-0.25, -0.2) is 0 Å². The number of nitrogens with zero attached hydrogens (tertiary/aromatic N) is 2. The first-order valence-corrected chi connectivity index (χ1v) is 10.1. The zero-order chi connectivity index (χ0) is 20.8. The van der Waals surface area contributed by atoms with Crippen molar-refractivity contribution in [3.8, 4) is 5.75 Å². The van der Waals surface area contributed by atoms with Gasteiger partial charge in [-0.3, -0.25) is 9.89 Å². The van der Waals surface area contributed by atoms with E-state index in [1.807, 2.05) is 28.8 Å². The second-order valence-electron chi connectivity index (χ2n) is 7.22. The minimum atomic E-state index is -0.142. The van der Waals surface area contributed by atoms with Crippen molar-refractivity contribution in [1.29, 1.82) is 0 Å². The van der Waals surface area contributed by atoms with Gasteiger partial charge in [0.15, 0.2) is 4.77 Å². The predicted molar refractivity (Wildman–Crippen MR) is 116 cm³/mol. The molecule has 0 aliphatic carbocycles. The molecule has 0 spiro atoms. The molecule has 29 heavy (non-hydrogen) atoms. The van der Waals surface area contributed by atoms with Gasteiger partial charge in [0.2, 0.25) is 0 Å². The van der Waals surface area contributed by atoms with Crippen molar-refractivity contribution in [3.63, 3.8) is 0 Å². The summed E-state index contributed by atoms with van der Waals surface area (Å²) in [6, 6.07) is 15.6. The van der Waals surface area contributed by atoms with E-state index < -0.39 is 0 Å². The number of carbonyl (C=O) groups excluding carboxylic acids is 1. The third-order valence-electron chi connectivity index (χ3n) is 4.51. The van der Waals surface area contributed by atoms with Crippen LogP contribution in [0, 0.1) is 11.7 Å². The van der Waals surface area contributed by atoms with Crippen molar-refractivity contribution in [3.05, 3.63) is 75.8 Å². The summed E-state index contributed by atoms with van der Waals surface area (Å²) in [5.74, 6) is 1.36. The number of amides is 1. The first kappa shape index (κ1) is 20.8. The summed E-state index contributed by atoms with van der Waals surface area (Å²) in [7, 11) is 0. The lowest BCUT2D eigenvalue weighted by atomic mass is 10.1. The van der Waals surface area contributed by atoms with Crippen LogP contribution in [0.25, 0.3) is 0 Å². The number of H-pyrrole nitrogens is 1. The fourth-order valence-electron chi connectivity index (χ4n) is 3.13. The summed E-state index contributed by atoms with van der Waals surface area (Å²) in [6.07, 6.45) is 0.598. The molecule has 3 aromatic rings. The maximum atomic E-state index is 12.5. The Bertz CT molecular complexity index is 1040. The van der Waals surface area contributed by atoms with E-state index in [0.717, 1.165) is 11.4 Å². The third kappa shape index (κ3) is 5.54. The molecule has 6 nitrogen and oxygen atoms in total. The first-order chi connectivity index (χ1) is 13.9. The highest BCUT2D eigenvalue weighted by atomic mass is 32.1. The quantitative estimate of drug-likeness (QED) is 0.541. The van der Waals surface area contributed by atoms with E-state index in [4.69, 9.17) is 17.0 Å². The van der Waals surface area contributed by atoms with E-state index in [9.17, 15) is 4.79 Å². The molecule has 0 atom stereocenters. The van der Waals surface area contributed by atoms with Crippen molar-refractivity contribution in [2.24, 2.45) is 0 Å². The van der Waals surface area contributed by atoms with Gasteiger partial charge in [0, 0.05) is 24.6 Å². The highest BCUT2D eigenvalue weighted by molar-refractivity contribution is 7.71. The lowest BCUT2D eigenvalue weighted by molar-refractivity contribution is 0.0953. The number of hydrogen-bond acceptors (Lipinski definition) is 4. The smallest absolute Gasteiger partial charge is 0.251 e. The van der Waals surface area contributed by atoms with Crippen molar-refractivity contribution in [1.82, 2.24) is 20.1 Å². The van der Waals surface area contributed by atoms with Gasteiger partial charge in [-0.1, -0.05) is 35.9 Å². The summed E-state index contributed by atoms with van der Waals surface area (Å²) in [6.45, 7) is 7.09. The monoisotopic (exact) mass is 410 g/mol.